The molecular formula is C25H37NO2. The van der Waals surface area contributed by atoms with Gasteiger partial charge in [0.2, 0.25) is 0 Å². The zero-order valence-electron chi connectivity index (χ0n) is 18.0. The summed E-state index contributed by atoms with van der Waals surface area (Å²) < 4.78 is 0. The van der Waals surface area contributed by atoms with Crippen LogP contribution in [0.25, 0.3) is 0 Å². The van der Waals surface area contributed by atoms with Gasteiger partial charge in [0, 0.05) is 24.3 Å². The highest BCUT2D eigenvalue weighted by atomic mass is 16.3. The van der Waals surface area contributed by atoms with Gasteiger partial charge in [0.25, 0.3) is 0 Å². The molecule has 3 atom stereocenters. The first-order valence-corrected chi connectivity index (χ1v) is 11.4. The molecule has 0 radical (unpaired) electrons. The van der Waals surface area contributed by atoms with E-state index in [0.717, 1.165) is 44.6 Å². The molecule has 2 aliphatic carbocycles. The first-order valence-electron chi connectivity index (χ1n) is 11.4. The molecule has 0 spiro atoms. The van der Waals surface area contributed by atoms with Gasteiger partial charge in [-0.1, -0.05) is 45.6 Å². The maximum atomic E-state index is 12.7. The number of hydrogen-bond donors (Lipinski definition) is 1. The summed E-state index contributed by atoms with van der Waals surface area (Å²) in [7, 11) is 2.25. The lowest BCUT2D eigenvalue weighted by Gasteiger charge is -2.62. The summed E-state index contributed by atoms with van der Waals surface area (Å²) >= 11 is 0. The number of phenolic OH excluding ortho intramolecular Hbond substituents is 1. The van der Waals surface area contributed by atoms with E-state index in [9.17, 15) is 9.90 Å². The number of aromatic hydroxyl groups is 1. The third-order valence-electron chi connectivity index (χ3n) is 8.82. The Kier molecular flexibility index (Phi) is 5.33. The van der Waals surface area contributed by atoms with Crippen molar-refractivity contribution in [1.82, 2.24) is 4.90 Å². The molecule has 2 bridgehead atoms. The van der Waals surface area contributed by atoms with Crippen LogP contribution in [0, 0.1) is 11.3 Å². The van der Waals surface area contributed by atoms with E-state index in [4.69, 9.17) is 0 Å². The number of rotatable bonds is 6. The van der Waals surface area contributed by atoms with Gasteiger partial charge in [-0.05, 0) is 73.9 Å². The molecule has 1 aromatic rings. The number of benzene rings is 1. The summed E-state index contributed by atoms with van der Waals surface area (Å²) in [6, 6.07) is 6.40. The maximum absolute atomic E-state index is 12.7. The molecule has 4 rings (SSSR count). The van der Waals surface area contributed by atoms with Crippen LogP contribution in [0.5, 0.6) is 5.75 Å². The van der Waals surface area contributed by atoms with E-state index in [-0.39, 0.29) is 10.8 Å². The number of likely N-dealkylation sites (N-methyl/N-ethyl adjacent to an activating group) is 1. The van der Waals surface area contributed by atoms with E-state index in [2.05, 4.69) is 31.9 Å². The maximum Gasteiger partial charge on any atom is 0.132 e. The normalized spacial score (nSPS) is 33.0. The predicted octanol–water partition coefficient (Wildman–Crippen LogP) is 5.24. The van der Waals surface area contributed by atoms with Crippen molar-refractivity contribution in [2.45, 2.75) is 89.5 Å². The molecule has 3 heteroatoms. The Balaban J connectivity index is 1.52. The van der Waals surface area contributed by atoms with E-state index < -0.39 is 0 Å². The van der Waals surface area contributed by atoms with Gasteiger partial charge >= 0.3 is 0 Å². The molecule has 1 saturated heterocycles. The third-order valence-corrected chi connectivity index (χ3v) is 8.82. The van der Waals surface area contributed by atoms with Crippen LogP contribution in [0.1, 0.15) is 82.8 Å². The van der Waals surface area contributed by atoms with Gasteiger partial charge in [0.05, 0.1) is 0 Å². The number of carbonyl (C=O) groups excluding carboxylic acids is 1. The molecule has 2 unspecified atom stereocenters. The smallest absolute Gasteiger partial charge is 0.132 e. The highest BCUT2D eigenvalue weighted by molar-refractivity contribution is 5.78. The number of phenols is 1. The largest absolute Gasteiger partial charge is 0.508 e. The van der Waals surface area contributed by atoms with Crippen LogP contribution >= 0.6 is 0 Å². The van der Waals surface area contributed by atoms with Crippen LogP contribution in [-0.4, -0.2) is 35.4 Å². The summed E-state index contributed by atoms with van der Waals surface area (Å²) in [5.41, 5.74) is 2.77. The Morgan fingerprint density at radius 2 is 1.96 bits per heavy atom. The highest BCUT2D eigenvalue weighted by Crippen LogP contribution is 2.58. The van der Waals surface area contributed by atoms with Crippen molar-refractivity contribution in [2.75, 3.05) is 13.6 Å². The number of likely N-dealkylation sites (tertiary alicyclic amines) is 1. The van der Waals surface area contributed by atoms with Crippen LogP contribution in [0.2, 0.25) is 0 Å². The SMILES string of the molecule is CN1CC[C@]2(C)c3cc(O)ccc3CC1C2(C)CCC(=O)CCC1CCCC1. The fraction of sp³-hybridized carbons (Fsp3) is 0.720. The molecule has 1 heterocycles. The van der Waals surface area contributed by atoms with Gasteiger partial charge in [0.15, 0.2) is 0 Å². The minimum absolute atomic E-state index is 0.0161. The Morgan fingerprint density at radius 3 is 2.71 bits per heavy atom. The average molecular weight is 384 g/mol. The summed E-state index contributed by atoms with van der Waals surface area (Å²) in [6.45, 7) is 5.87. The van der Waals surface area contributed by atoms with Crippen molar-refractivity contribution in [3.05, 3.63) is 29.3 Å². The molecule has 3 nitrogen and oxygen atoms in total. The molecule has 28 heavy (non-hydrogen) atoms. The van der Waals surface area contributed by atoms with Crippen LogP contribution < -0.4 is 0 Å². The Hall–Kier alpha value is -1.35. The molecular weight excluding hydrogens is 346 g/mol. The minimum atomic E-state index is 0.0161. The molecule has 1 aromatic carbocycles. The van der Waals surface area contributed by atoms with E-state index in [1.807, 2.05) is 12.1 Å². The first-order chi connectivity index (χ1) is 13.3. The second-order valence-corrected chi connectivity index (χ2v) is 10.3. The molecule has 0 aromatic heterocycles. The van der Waals surface area contributed by atoms with E-state index in [1.54, 1.807) is 0 Å². The zero-order chi connectivity index (χ0) is 19.9. The number of carbonyl (C=O) groups is 1. The number of hydrogen-bond acceptors (Lipinski definition) is 3. The summed E-state index contributed by atoms with van der Waals surface area (Å²) in [5, 5.41) is 10.1. The molecule has 1 N–H and O–H groups in total. The van der Waals surface area contributed by atoms with Crippen molar-refractivity contribution in [3.8, 4) is 5.75 Å². The first kappa shape index (κ1) is 19.9. The second-order valence-electron chi connectivity index (χ2n) is 10.3. The Labute approximate surface area is 170 Å². The average Bonchev–Trinajstić information content (AvgIpc) is 3.19. The molecule has 0 amide bonds. The minimum Gasteiger partial charge on any atom is -0.508 e. The highest BCUT2D eigenvalue weighted by Gasteiger charge is 2.57. The predicted molar refractivity (Wildman–Crippen MR) is 114 cm³/mol. The lowest BCUT2D eigenvalue weighted by atomic mass is 9.49. The van der Waals surface area contributed by atoms with Crippen molar-refractivity contribution in [1.29, 1.82) is 0 Å². The topological polar surface area (TPSA) is 40.5 Å². The van der Waals surface area contributed by atoms with Gasteiger partial charge in [-0.3, -0.25) is 4.79 Å². The van der Waals surface area contributed by atoms with Crippen molar-refractivity contribution >= 4 is 5.78 Å². The van der Waals surface area contributed by atoms with Crippen LogP contribution in [0.4, 0.5) is 0 Å². The van der Waals surface area contributed by atoms with Gasteiger partial charge < -0.3 is 10.0 Å². The number of Topliss-reactive ketones (excluding diaryl/α,β-unsaturated/α-hetero) is 1. The summed E-state index contributed by atoms with van der Waals surface area (Å²) in [5.74, 6) is 1.62. The number of piperidine rings is 1. The van der Waals surface area contributed by atoms with Gasteiger partial charge in [0.1, 0.15) is 11.5 Å². The van der Waals surface area contributed by atoms with Crippen molar-refractivity contribution < 1.29 is 9.90 Å². The van der Waals surface area contributed by atoms with Crippen molar-refractivity contribution in [3.63, 3.8) is 0 Å². The van der Waals surface area contributed by atoms with Crippen LogP contribution in [0.15, 0.2) is 18.2 Å². The lowest BCUT2D eigenvalue weighted by Crippen LogP contribution is -2.64. The third kappa shape index (κ3) is 3.30. The summed E-state index contributed by atoms with van der Waals surface area (Å²) in [6.07, 6.45) is 11.0. The second kappa shape index (κ2) is 7.48. The van der Waals surface area contributed by atoms with Crippen molar-refractivity contribution in [2.24, 2.45) is 11.3 Å². The summed E-state index contributed by atoms with van der Waals surface area (Å²) in [4.78, 5) is 15.3. The fourth-order valence-corrected chi connectivity index (χ4v) is 6.61. The Bertz CT molecular complexity index is 738. The van der Waals surface area contributed by atoms with E-state index >= 15 is 0 Å². The van der Waals surface area contributed by atoms with Crippen LogP contribution in [-0.2, 0) is 16.6 Å². The van der Waals surface area contributed by atoms with Crippen LogP contribution in [0.3, 0.4) is 0 Å². The van der Waals surface area contributed by atoms with Gasteiger partial charge in [-0.15, -0.1) is 0 Å². The van der Waals surface area contributed by atoms with Gasteiger partial charge in [-0.25, -0.2) is 0 Å². The molecule has 3 aliphatic rings. The Morgan fingerprint density at radius 1 is 1.21 bits per heavy atom. The fourth-order valence-electron chi connectivity index (χ4n) is 6.61. The monoisotopic (exact) mass is 383 g/mol. The van der Waals surface area contributed by atoms with E-state index in [0.29, 0.717) is 24.0 Å². The molecule has 154 valence electrons. The van der Waals surface area contributed by atoms with E-state index in [1.165, 1.54) is 36.8 Å². The quantitative estimate of drug-likeness (QED) is 0.731. The number of fused-ring (bicyclic) bond motifs is 4. The number of ketones is 1. The lowest BCUT2D eigenvalue weighted by molar-refractivity contribution is -0.121. The molecule has 1 saturated carbocycles. The number of nitrogens with zero attached hydrogens (tertiary/aromatic N) is 1. The van der Waals surface area contributed by atoms with Gasteiger partial charge in [-0.2, -0.15) is 0 Å². The standard InChI is InChI=1S/C25H37NO2/c1-24-14-15-26(3)23(16-19-9-11-21(28)17-22(19)24)25(24,2)13-12-20(27)10-8-18-6-4-5-7-18/h9,11,17-18,23,28H,4-8,10,12-16H2,1-3H3/t23?,24-,25?/m1/s1. The zero-order valence-corrected chi connectivity index (χ0v) is 18.0. The molecule has 1 aliphatic heterocycles. The molecule has 2 fully saturated rings.